The summed E-state index contributed by atoms with van der Waals surface area (Å²) in [7, 11) is 0. The number of H-pyrrole nitrogens is 1. The second-order valence-electron chi connectivity index (χ2n) is 7.09. The topological polar surface area (TPSA) is 148 Å². The summed E-state index contributed by atoms with van der Waals surface area (Å²) in [6.45, 7) is 1.58. The Balaban J connectivity index is 0.000000157. The van der Waals surface area contributed by atoms with Gasteiger partial charge in [0.25, 0.3) is 0 Å². The number of fused-ring (bicyclic) bond motifs is 1. The average Bonchev–Trinajstić information content (AvgIpc) is 3.42. The first-order valence-corrected chi connectivity index (χ1v) is 9.81. The first-order chi connectivity index (χ1) is 15.9. The number of carboxylic acid groups (broad SMARTS) is 1. The molecule has 0 atom stereocenters. The standard InChI is InChI=1S/C12H9FN2O2.C10H10N6/c1-7-10(12(16)17)6-14-11(15-7)8-3-2-4-9(13)5-8;11-16-6-7(5-10-12-14-15-13-10)8-3-1-2-4-9(8)16/h2-6H,1H3,(H,16,17);1-4,6H,5,11H2,(H,12,13,14,15). The van der Waals surface area contributed by atoms with Crippen LogP contribution in [0.15, 0.2) is 60.9 Å². The number of aryl methyl sites for hydroxylation is 1. The Morgan fingerprint density at radius 1 is 1.21 bits per heavy atom. The highest BCUT2D eigenvalue weighted by atomic mass is 19.1. The number of nitrogens with one attached hydrogen (secondary N) is 1. The number of carbonyl (C=O) groups is 1. The number of hydrogen-bond acceptors (Lipinski definition) is 7. The highest BCUT2D eigenvalue weighted by Crippen LogP contribution is 2.21. The average molecular weight is 446 g/mol. The maximum absolute atomic E-state index is 13.0. The number of aromatic nitrogens is 7. The largest absolute Gasteiger partial charge is 0.478 e. The number of halogens is 1. The van der Waals surface area contributed by atoms with Crippen molar-refractivity contribution >= 4 is 16.9 Å². The molecule has 0 amide bonds. The number of tetrazole rings is 1. The van der Waals surface area contributed by atoms with Crippen LogP contribution in [-0.4, -0.2) is 46.3 Å². The Hall–Kier alpha value is -4.67. The van der Waals surface area contributed by atoms with E-state index in [-0.39, 0.29) is 11.4 Å². The first-order valence-electron chi connectivity index (χ1n) is 9.81. The summed E-state index contributed by atoms with van der Waals surface area (Å²) in [4.78, 5) is 18.7. The van der Waals surface area contributed by atoms with Gasteiger partial charge in [-0.1, -0.05) is 35.5 Å². The fourth-order valence-electron chi connectivity index (χ4n) is 3.29. The fourth-order valence-corrected chi connectivity index (χ4v) is 3.29. The van der Waals surface area contributed by atoms with Gasteiger partial charge in [0.1, 0.15) is 5.82 Å². The molecule has 5 aromatic rings. The van der Waals surface area contributed by atoms with Gasteiger partial charge in [-0.25, -0.2) is 19.2 Å². The van der Waals surface area contributed by atoms with Crippen molar-refractivity contribution in [3.8, 4) is 11.4 Å². The van der Waals surface area contributed by atoms with Crippen LogP contribution in [0.1, 0.15) is 27.4 Å². The number of para-hydroxylation sites is 1. The monoisotopic (exact) mass is 446 g/mol. The van der Waals surface area contributed by atoms with Crippen molar-refractivity contribution in [2.45, 2.75) is 13.3 Å². The van der Waals surface area contributed by atoms with Crippen LogP contribution in [0, 0.1) is 12.7 Å². The van der Waals surface area contributed by atoms with Crippen molar-refractivity contribution in [1.82, 2.24) is 35.3 Å². The molecule has 0 radical (unpaired) electrons. The minimum absolute atomic E-state index is 0.0464. The van der Waals surface area contributed by atoms with Crippen LogP contribution >= 0.6 is 0 Å². The summed E-state index contributed by atoms with van der Waals surface area (Å²) < 4.78 is 14.6. The predicted octanol–water partition coefficient (Wildman–Crippen LogP) is 2.75. The molecule has 0 saturated carbocycles. The van der Waals surface area contributed by atoms with E-state index in [0.717, 1.165) is 16.5 Å². The minimum atomic E-state index is -1.08. The minimum Gasteiger partial charge on any atom is -0.478 e. The molecule has 3 heterocycles. The molecule has 4 N–H and O–H groups in total. The van der Waals surface area contributed by atoms with Crippen molar-refractivity contribution < 1.29 is 14.3 Å². The Bertz CT molecular complexity index is 1420. The van der Waals surface area contributed by atoms with E-state index in [4.69, 9.17) is 10.9 Å². The number of nitrogen functional groups attached to an aromatic ring is 1. The van der Waals surface area contributed by atoms with E-state index in [1.165, 1.54) is 18.3 Å². The van der Waals surface area contributed by atoms with Crippen LogP contribution in [0.3, 0.4) is 0 Å². The fraction of sp³-hybridized carbons (Fsp3) is 0.0909. The summed E-state index contributed by atoms with van der Waals surface area (Å²) in [5, 5.41) is 23.8. The molecular weight excluding hydrogens is 427 g/mol. The zero-order chi connectivity index (χ0) is 23.4. The van der Waals surface area contributed by atoms with Gasteiger partial charge in [-0.2, -0.15) is 5.21 Å². The van der Waals surface area contributed by atoms with E-state index < -0.39 is 5.97 Å². The van der Waals surface area contributed by atoms with Gasteiger partial charge in [-0.3, -0.25) is 4.68 Å². The van der Waals surface area contributed by atoms with Crippen molar-refractivity contribution in [1.29, 1.82) is 0 Å². The van der Waals surface area contributed by atoms with Gasteiger partial charge in [0.2, 0.25) is 0 Å². The predicted molar refractivity (Wildman–Crippen MR) is 118 cm³/mol. The number of aromatic carboxylic acids is 1. The molecule has 0 saturated heterocycles. The number of aromatic amines is 1. The molecule has 5 rings (SSSR count). The molecule has 10 nitrogen and oxygen atoms in total. The van der Waals surface area contributed by atoms with Crippen molar-refractivity contribution in [3.63, 3.8) is 0 Å². The highest BCUT2D eigenvalue weighted by molar-refractivity contribution is 5.88. The number of hydrogen-bond donors (Lipinski definition) is 3. The van der Waals surface area contributed by atoms with E-state index in [2.05, 4.69) is 30.6 Å². The van der Waals surface area contributed by atoms with Crippen LogP contribution in [0.5, 0.6) is 0 Å². The molecule has 166 valence electrons. The van der Waals surface area contributed by atoms with Crippen molar-refractivity contribution in [3.05, 3.63) is 89.4 Å². The number of carboxylic acids is 1. The van der Waals surface area contributed by atoms with Gasteiger partial charge in [-0.15, -0.1) is 10.2 Å². The Morgan fingerprint density at radius 3 is 2.73 bits per heavy atom. The molecule has 0 aliphatic rings. The van der Waals surface area contributed by atoms with E-state index in [1.54, 1.807) is 23.7 Å². The molecular formula is C22H19FN8O2. The summed E-state index contributed by atoms with van der Waals surface area (Å²) in [5.41, 5.74) is 3.02. The molecule has 0 aliphatic carbocycles. The maximum Gasteiger partial charge on any atom is 0.339 e. The van der Waals surface area contributed by atoms with Crippen LogP contribution in [0.25, 0.3) is 22.3 Å². The third-order valence-electron chi connectivity index (χ3n) is 4.85. The van der Waals surface area contributed by atoms with Gasteiger partial charge < -0.3 is 10.9 Å². The molecule has 0 aliphatic heterocycles. The molecule has 33 heavy (non-hydrogen) atoms. The molecule has 0 unspecified atom stereocenters. The normalized spacial score (nSPS) is 10.6. The summed E-state index contributed by atoms with van der Waals surface area (Å²) in [6.07, 6.45) is 3.74. The number of nitrogens with zero attached hydrogens (tertiary/aromatic N) is 6. The Kier molecular flexibility index (Phi) is 6.02. The van der Waals surface area contributed by atoms with E-state index in [1.807, 2.05) is 30.5 Å². The van der Waals surface area contributed by atoms with Gasteiger partial charge in [-0.05, 0) is 30.7 Å². The lowest BCUT2D eigenvalue weighted by Gasteiger charge is -2.03. The third-order valence-corrected chi connectivity index (χ3v) is 4.85. The van der Waals surface area contributed by atoms with E-state index in [0.29, 0.717) is 29.3 Å². The van der Waals surface area contributed by atoms with Crippen molar-refractivity contribution in [2.75, 3.05) is 5.84 Å². The second kappa shape index (κ2) is 9.22. The Labute approximate surface area is 186 Å². The zero-order valence-corrected chi connectivity index (χ0v) is 17.5. The molecule has 0 spiro atoms. The van der Waals surface area contributed by atoms with Crippen LogP contribution in [-0.2, 0) is 6.42 Å². The van der Waals surface area contributed by atoms with Gasteiger partial charge in [0.15, 0.2) is 11.6 Å². The lowest BCUT2D eigenvalue weighted by Crippen LogP contribution is -2.04. The quantitative estimate of drug-likeness (QED) is 0.357. The van der Waals surface area contributed by atoms with E-state index >= 15 is 0 Å². The second-order valence-corrected chi connectivity index (χ2v) is 7.09. The highest BCUT2D eigenvalue weighted by Gasteiger charge is 2.11. The van der Waals surface area contributed by atoms with E-state index in [9.17, 15) is 9.18 Å². The molecule has 3 aromatic heterocycles. The van der Waals surface area contributed by atoms with Crippen molar-refractivity contribution in [2.24, 2.45) is 0 Å². The lowest BCUT2D eigenvalue weighted by atomic mass is 10.1. The summed E-state index contributed by atoms with van der Waals surface area (Å²) in [5.74, 6) is 5.37. The SMILES string of the molecule is Cc1nc(-c2cccc(F)c2)ncc1C(=O)O.Nn1cc(Cc2nn[nH]n2)c2ccccc21. The Morgan fingerprint density at radius 2 is 2.03 bits per heavy atom. The van der Waals surface area contributed by atoms with Gasteiger partial charge in [0, 0.05) is 29.8 Å². The molecule has 11 heteroatoms. The molecule has 0 fully saturated rings. The molecule has 2 aromatic carbocycles. The number of benzene rings is 2. The first kappa shape index (κ1) is 21.6. The summed E-state index contributed by atoms with van der Waals surface area (Å²) >= 11 is 0. The van der Waals surface area contributed by atoms with Gasteiger partial charge in [0.05, 0.1) is 16.8 Å². The third kappa shape index (κ3) is 4.82. The van der Waals surface area contributed by atoms with Crippen LogP contribution < -0.4 is 5.84 Å². The summed E-state index contributed by atoms with van der Waals surface area (Å²) in [6, 6.07) is 13.8. The van der Waals surface area contributed by atoms with Gasteiger partial charge >= 0.3 is 5.97 Å². The molecule has 0 bridgehead atoms. The zero-order valence-electron chi connectivity index (χ0n) is 17.5. The number of rotatable bonds is 4. The van der Waals surface area contributed by atoms with Crippen LogP contribution in [0.2, 0.25) is 0 Å². The van der Waals surface area contributed by atoms with Crippen LogP contribution in [0.4, 0.5) is 4.39 Å². The lowest BCUT2D eigenvalue weighted by molar-refractivity contribution is 0.0695. The number of nitrogens with two attached hydrogens (primary N) is 1. The smallest absolute Gasteiger partial charge is 0.339 e. The maximum atomic E-state index is 13.0.